The minimum Gasteiger partial charge on any atom is -0.112 e. The molecule has 0 N–H and O–H groups in total. The van der Waals surface area contributed by atoms with Crippen LogP contribution in [-0.2, 0) is 10.2 Å². The Morgan fingerprint density at radius 3 is 1.14 bits per heavy atom. The van der Waals surface area contributed by atoms with E-state index in [0.717, 1.165) is 0 Å². The molecule has 324 valence electrons. The fourth-order valence-corrected chi connectivity index (χ4v) is 35.3. The lowest BCUT2D eigenvalue weighted by Gasteiger charge is -2.65. The van der Waals surface area contributed by atoms with Crippen molar-refractivity contribution in [2.24, 2.45) is 11.8 Å². The van der Waals surface area contributed by atoms with Gasteiger partial charge >= 0.3 is 0 Å². The molecule has 12 aromatic carbocycles. The Balaban J connectivity index is 0.999. The summed E-state index contributed by atoms with van der Waals surface area (Å²) in [6, 6.07) is 10.4. The third-order valence-electron chi connectivity index (χ3n) is 31.7. The first-order valence-electron chi connectivity index (χ1n) is 29.7. The summed E-state index contributed by atoms with van der Waals surface area (Å²) in [6.45, 7) is 5.07. The maximum atomic E-state index is 2.96. The molecule has 0 bridgehead atoms. The van der Waals surface area contributed by atoms with E-state index < -0.39 is 0 Å². The molecule has 2 spiro atoms. The monoisotopic (exact) mass is 926 g/mol. The highest BCUT2D eigenvalue weighted by molar-refractivity contribution is 8.01. The molecule has 0 saturated heterocycles. The molecular weight excluding hydrogens is 897 g/mol. The highest BCUT2D eigenvalue weighted by Gasteiger charge is 2.89. The summed E-state index contributed by atoms with van der Waals surface area (Å²) < 4.78 is 0.0197. The van der Waals surface area contributed by atoms with Crippen LogP contribution in [0.5, 0.6) is 0 Å². The van der Waals surface area contributed by atoms with Crippen molar-refractivity contribution in [3.05, 3.63) is 152 Å². The maximum absolute atomic E-state index is 2.96. The number of thioether (sulfide) groups is 1. The Hall–Kier alpha value is -5.89. The van der Waals surface area contributed by atoms with Gasteiger partial charge in [0, 0.05) is 10.3 Å². The lowest BCUT2D eigenvalue weighted by Crippen LogP contribution is -2.62. The van der Waals surface area contributed by atoms with Crippen molar-refractivity contribution >= 4 is 109 Å². The van der Waals surface area contributed by atoms with Crippen LogP contribution >= 0.6 is 11.8 Å². The predicted octanol–water partition coefficient (Wildman–Crippen LogP) is 16.3. The molecule has 1 saturated carbocycles. The predicted molar refractivity (Wildman–Crippen MR) is 284 cm³/mol. The molecule has 0 aromatic heterocycles. The number of fused-ring (bicyclic) bond motifs is 3. The van der Waals surface area contributed by atoms with Gasteiger partial charge in [-0.05, 0) is 368 Å². The highest BCUT2D eigenvalue weighted by atomic mass is 32.2. The summed E-state index contributed by atoms with van der Waals surface area (Å²) in [5.74, 6) is 13.1. The van der Waals surface area contributed by atoms with Crippen LogP contribution in [0.15, 0.2) is 29.2 Å². The molecule has 22 unspecified atom stereocenters. The fraction of sp³-hybridized carbons (Fsp3) is 0.333. The topological polar surface area (TPSA) is 0 Å². The van der Waals surface area contributed by atoms with Gasteiger partial charge < -0.3 is 0 Å². The molecule has 1 heterocycles. The van der Waals surface area contributed by atoms with E-state index in [1.54, 1.807) is 21.2 Å². The summed E-state index contributed by atoms with van der Waals surface area (Å²) in [4.78, 5) is 1.76. The van der Waals surface area contributed by atoms with Crippen molar-refractivity contribution in [3.63, 3.8) is 0 Å². The summed E-state index contributed by atoms with van der Waals surface area (Å²) in [5.41, 5.74) is 49.5. The molecule has 12 aromatic rings. The second-order valence-electron chi connectivity index (χ2n) is 30.7. The van der Waals surface area contributed by atoms with Crippen LogP contribution in [0, 0.1) is 25.7 Å². The Morgan fingerprint density at radius 2 is 0.658 bits per heavy atom. The molecule has 1 heteroatoms. The summed E-state index contributed by atoms with van der Waals surface area (Å²) in [6.07, 6.45) is 0. The lowest BCUT2D eigenvalue weighted by atomic mass is 9.39. The molecule has 35 rings (SSSR count). The number of benzene rings is 11. The second kappa shape index (κ2) is 6.79. The van der Waals surface area contributed by atoms with Crippen molar-refractivity contribution in [3.8, 4) is 11.1 Å². The van der Waals surface area contributed by atoms with E-state index in [1.807, 2.05) is 203 Å². The van der Waals surface area contributed by atoms with Crippen molar-refractivity contribution in [1.82, 2.24) is 0 Å². The van der Waals surface area contributed by atoms with Crippen molar-refractivity contribution < 1.29 is 0 Å². The number of rotatable bonds is 0. The Morgan fingerprint density at radius 1 is 0.315 bits per heavy atom. The third-order valence-corrected chi connectivity index (χ3v) is 33.5. The van der Waals surface area contributed by atoms with Gasteiger partial charge in [0.15, 0.2) is 0 Å². The number of hydrogen-bond acceptors (Lipinski definition) is 1. The van der Waals surface area contributed by atoms with Gasteiger partial charge in [0.2, 0.25) is 0 Å². The minimum atomic E-state index is -0.0121. The molecule has 73 heavy (non-hydrogen) atoms. The van der Waals surface area contributed by atoms with E-state index in [1.165, 1.54) is 5.56 Å². The molecule has 23 aliphatic rings. The van der Waals surface area contributed by atoms with Gasteiger partial charge in [-0.1, -0.05) is 24.3 Å². The van der Waals surface area contributed by atoms with E-state index in [-0.39, 0.29) is 10.2 Å². The van der Waals surface area contributed by atoms with Crippen LogP contribution in [0.1, 0.15) is 234 Å². The molecule has 22 aliphatic carbocycles. The Bertz CT molecular complexity index is 5860. The van der Waals surface area contributed by atoms with E-state index in [4.69, 9.17) is 0 Å². The number of aryl methyl sites for hydroxylation is 2. The molecule has 0 nitrogen and oxygen atoms in total. The van der Waals surface area contributed by atoms with E-state index >= 15 is 0 Å². The van der Waals surface area contributed by atoms with Crippen molar-refractivity contribution in [2.75, 3.05) is 0 Å². The van der Waals surface area contributed by atoms with Crippen LogP contribution in [0.3, 0.4) is 0 Å². The highest BCUT2D eigenvalue weighted by Crippen LogP contribution is 3.01. The average Bonchev–Trinajstić information content (AvgIpc) is 4.42. The largest absolute Gasteiger partial charge is 0.112 e. The van der Waals surface area contributed by atoms with Crippen LogP contribution in [0.4, 0.5) is 0 Å². The summed E-state index contributed by atoms with van der Waals surface area (Å²) in [7, 11) is 0. The zero-order chi connectivity index (χ0) is 43.5. The second-order valence-corrected chi connectivity index (χ2v) is 31.9. The maximum Gasteiger partial charge on any atom is 0.0645 e. The van der Waals surface area contributed by atoms with Gasteiger partial charge in [0.05, 0.1) is 4.75 Å². The SMILES string of the molecule is Cc1cc2c(c3c(C)cccc13)SC13c4c5c6c7c8c9c%10c%11c%12c%13c%14c%15c(c%16c%13c%10c7c4-%16)C21C1C%15C2c4c7c%10c%13c%15c%16c%17c%18c%19c%20c%21c%22c%23c(c4c4c%22c%19c%16c%104)C2C%14C%12C%23C%21C%11C9C%20C%18C8C6C%17C%15C5C3C%13C71. The van der Waals surface area contributed by atoms with E-state index in [9.17, 15) is 0 Å². The zero-order valence-electron chi connectivity index (χ0n) is 39.3. The van der Waals surface area contributed by atoms with E-state index in [0.29, 0.717) is 118 Å². The first kappa shape index (κ1) is 29.3. The van der Waals surface area contributed by atoms with E-state index in [2.05, 4.69) is 61.0 Å². The average molecular weight is 927 g/mol. The normalized spacial score (nSPS) is 46.5. The van der Waals surface area contributed by atoms with Crippen LogP contribution in [-0.4, -0.2) is 0 Å². The quantitative estimate of drug-likeness (QED) is 0.137. The third kappa shape index (κ3) is 1.63. The Labute approximate surface area is 416 Å². The molecular formula is C72H30S. The van der Waals surface area contributed by atoms with Gasteiger partial charge in [0.25, 0.3) is 0 Å². The molecule has 0 amide bonds. The Kier molecular flexibility index (Phi) is 2.72. The first-order chi connectivity index (χ1) is 36.2. The van der Waals surface area contributed by atoms with Crippen LogP contribution in [0.25, 0.3) is 108 Å². The van der Waals surface area contributed by atoms with Gasteiger partial charge in [-0.3, -0.25) is 0 Å². The summed E-state index contributed by atoms with van der Waals surface area (Å²) >= 11 is 2.61. The fourth-order valence-electron chi connectivity index (χ4n) is 33.1. The van der Waals surface area contributed by atoms with Crippen molar-refractivity contribution in [1.29, 1.82) is 0 Å². The van der Waals surface area contributed by atoms with Crippen LogP contribution < -0.4 is 0 Å². The van der Waals surface area contributed by atoms with Crippen LogP contribution in [0.2, 0.25) is 0 Å². The van der Waals surface area contributed by atoms with Gasteiger partial charge in [-0.15, -0.1) is 11.8 Å². The number of hydrogen-bond donors (Lipinski definition) is 0. The smallest absolute Gasteiger partial charge is 0.0645 e. The zero-order valence-corrected chi connectivity index (χ0v) is 40.1. The molecule has 0 radical (unpaired) electrons. The molecule has 1 aliphatic heterocycles. The van der Waals surface area contributed by atoms with Gasteiger partial charge in [-0.2, -0.15) is 0 Å². The molecule has 1 fully saturated rings. The minimum absolute atomic E-state index is 0.0121. The van der Waals surface area contributed by atoms with Gasteiger partial charge in [-0.25, -0.2) is 0 Å². The molecule has 22 atom stereocenters. The van der Waals surface area contributed by atoms with Gasteiger partial charge in [0.1, 0.15) is 0 Å². The lowest BCUT2D eigenvalue weighted by molar-refractivity contribution is 0.0342. The first-order valence-corrected chi connectivity index (χ1v) is 30.5. The summed E-state index contributed by atoms with van der Waals surface area (Å²) in [5, 5.41) is 33.9. The standard InChI is InChI=1S/C72H30S/c1-7-4-3-5-9-8(2)6-10-70(11(7)9)73-72-68-62-56-46-34-26-18-14-12-13-16-20(18)28(34)38-32-24(16)25-17(13)21-19-15(12)23-22(14)30-36(26)44-50-40(30)41-31(23)37-27(19)35-29(21)39-33(25)43-42(32)54(48(38)56)64(68)65-55(43)49(39)57-47(35)53-45(37)51(41)59-58(50)66(60(62)52(44)46)71(10,72)67(59)61(53)63(57)69(65)72/h3-6,14,16,18,20,22,24,30,32,40-43,51,55,59,61,63,65,67,69H,1-2H3. The van der Waals surface area contributed by atoms with Crippen molar-refractivity contribution in [2.45, 2.75) is 135 Å².